The molecule has 1 fully saturated rings. The fourth-order valence-corrected chi connectivity index (χ4v) is 2.94. The number of rotatable bonds is 4. The van der Waals surface area contributed by atoms with Crippen LogP contribution in [0.25, 0.3) is 11.8 Å². The van der Waals surface area contributed by atoms with Gasteiger partial charge >= 0.3 is 6.03 Å². The van der Waals surface area contributed by atoms with Crippen LogP contribution in [0.2, 0.25) is 0 Å². The Labute approximate surface area is 166 Å². The van der Waals surface area contributed by atoms with Crippen molar-refractivity contribution in [1.29, 1.82) is 0 Å². The van der Waals surface area contributed by atoms with Crippen LogP contribution < -0.4 is 15.0 Å². The van der Waals surface area contributed by atoms with E-state index in [0.29, 0.717) is 17.0 Å². The molecule has 1 aromatic heterocycles. The minimum atomic E-state index is -0.814. The van der Waals surface area contributed by atoms with Gasteiger partial charge in [0, 0.05) is 17.8 Å². The summed E-state index contributed by atoms with van der Waals surface area (Å²) in [5.74, 6) is -0.999. The highest BCUT2D eigenvalue weighted by Gasteiger charge is 2.37. The molecule has 29 heavy (non-hydrogen) atoms. The molecular formula is C21H16N4O4. The second kappa shape index (κ2) is 7.43. The van der Waals surface area contributed by atoms with Crippen molar-refractivity contribution in [3.8, 4) is 11.4 Å². The Hall–Kier alpha value is -4.20. The number of hydrogen-bond donors (Lipinski definition) is 1. The van der Waals surface area contributed by atoms with Crippen molar-refractivity contribution in [1.82, 2.24) is 15.1 Å². The predicted molar refractivity (Wildman–Crippen MR) is 106 cm³/mol. The highest BCUT2D eigenvalue weighted by atomic mass is 16.5. The third kappa shape index (κ3) is 3.51. The largest absolute Gasteiger partial charge is 0.497 e. The number of amides is 4. The van der Waals surface area contributed by atoms with Crippen molar-refractivity contribution in [3.63, 3.8) is 0 Å². The van der Waals surface area contributed by atoms with Crippen molar-refractivity contribution in [2.75, 3.05) is 12.0 Å². The molecule has 1 saturated heterocycles. The Kier molecular flexibility index (Phi) is 4.66. The summed E-state index contributed by atoms with van der Waals surface area (Å²) in [5.41, 5.74) is 1.52. The van der Waals surface area contributed by atoms with Crippen LogP contribution in [0.15, 0.2) is 72.6 Å². The van der Waals surface area contributed by atoms with Crippen molar-refractivity contribution in [2.45, 2.75) is 0 Å². The third-order valence-corrected chi connectivity index (χ3v) is 4.35. The number of ether oxygens (including phenoxy) is 1. The summed E-state index contributed by atoms with van der Waals surface area (Å²) in [6.45, 7) is 0. The zero-order valence-corrected chi connectivity index (χ0v) is 15.4. The first-order valence-electron chi connectivity index (χ1n) is 8.72. The fourth-order valence-electron chi connectivity index (χ4n) is 2.94. The summed E-state index contributed by atoms with van der Waals surface area (Å²) in [7, 11) is 1.48. The quantitative estimate of drug-likeness (QED) is 0.548. The van der Waals surface area contributed by atoms with Crippen LogP contribution in [0.4, 0.5) is 10.5 Å². The number of benzene rings is 2. The summed E-state index contributed by atoms with van der Waals surface area (Å²) in [6, 6.07) is 15.1. The van der Waals surface area contributed by atoms with Crippen molar-refractivity contribution < 1.29 is 19.1 Å². The summed E-state index contributed by atoms with van der Waals surface area (Å²) >= 11 is 0. The number of anilines is 1. The SMILES string of the molecule is COc1cccc(N2C(=O)NC(=O)C(=Cc3cnn(-c4ccccc4)c3)C2=O)c1. The topological polar surface area (TPSA) is 93.5 Å². The zero-order valence-electron chi connectivity index (χ0n) is 15.4. The molecule has 8 heteroatoms. The second-order valence-electron chi connectivity index (χ2n) is 6.21. The first-order chi connectivity index (χ1) is 14.1. The van der Waals surface area contributed by atoms with Gasteiger partial charge in [0.1, 0.15) is 11.3 Å². The van der Waals surface area contributed by atoms with Crippen LogP contribution in [-0.2, 0) is 9.59 Å². The lowest BCUT2D eigenvalue weighted by Crippen LogP contribution is -2.54. The van der Waals surface area contributed by atoms with Gasteiger partial charge in [0.2, 0.25) is 0 Å². The van der Waals surface area contributed by atoms with E-state index in [1.807, 2.05) is 30.3 Å². The molecule has 8 nitrogen and oxygen atoms in total. The van der Waals surface area contributed by atoms with Crippen LogP contribution in [-0.4, -0.2) is 34.7 Å². The Bertz CT molecular complexity index is 1130. The van der Waals surface area contributed by atoms with Crippen molar-refractivity contribution >= 4 is 29.6 Å². The molecule has 0 saturated carbocycles. The summed E-state index contributed by atoms with van der Waals surface area (Å²) < 4.78 is 6.77. The standard InChI is InChI=1S/C21H16N4O4/c1-29-17-9-5-8-16(11-17)25-20(27)18(19(26)23-21(25)28)10-14-12-22-24(13-14)15-6-3-2-4-7-15/h2-13H,1H3,(H,23,26,28). The molecule has 0 radical (unpaired) electrons. The van der Waals surface area contributed by atoms with Crippen LogP contribution in [0.5, 0.6) is 5.75 Å². The predicted octanol–water partition coefficient (Wildman–Crippen LogP) is 2.55. The Balaban J connectivity index is 1.68. The Morgan fingerprint density at radius 2 is 1.76 bits per heavy atom. The monoisotopic (exact) mass is 388 g/mol. The minimum absolute atomic E-state index is 0.167. The van der Waals surface area contributed by atoms with E-state index in [2.05, 4.69) is 10.4 Å². The number of carbonyl (C=O) groups is 3. The first-order valence-corrected chi connectivity index (χ1v) is 8.72. The molecule has 2 aromatic carbocycles. The third-order valence-electron chi connectivity index (χ3n) is 4.35. The number of carbonyl (C=O) groups excluding carboxylic acids is 3. The van der Waals surface area contributed by atoms with Gasteiger partial charge < -0.3 is 4.74 Å². The Morgan fingerprint density at radius 3 is 2.52 bits per heavy atom. The molecule has 144 valence electrons. The Morgan fingerprint density at radius 1 is 1.00 bits per heavy atom. The zero-order chi connectivity index (χ0) is 20.4. The number of imide groups is 2. The van der Waals surface area contributed by atoms with E-state index in [4.69, 9.17) is 4.74 Å². The van der Waals surface area contributed by atoms with Crippen molar-refractivity contribution in [3.05, 3.63) is 78.1 Å². The number of aromatic nitrogens is 2. The summed E-state index contributed by atoms with van der Waals surface area (Å²) in [6.07, 6.45) is 4.63. The summed E-state index contributed by atoms with van der Waals surface area (Å²) in [4.78, 5) is 38.4. The molecule has 0 bridgehead atoms. The lowest BCUT2D eigenvalue weighted by molar-refractivity contribution is -0.122. The lowest BCUT2D eigenvalue weighted by Gasteiger charge is -2.26. The van der Waals surface area contributed by atoms with Gasteiger partial charge in [-0.05, 0) is 30.3 Å². The number of barbiturate groups is 1. The second-order valence-corrected chi connectivity index (χ2v) is 6.21. The van der Waals surface area contributed by atoms with E-state index < -0.39 is 17.8 Å². The molecule has 0 spiro atoms. The molecule has 1 aliphatic rings. The molecule has 2 heterocycles. The molecule has 0 unspecified atom stereocenters. The van der Waals surface area contributed by atoms with E-state index in [0.717, 1.165) is 10.6 Å². The molecule has 3 aromatic rings. The van der Waals surface area contributed by atoms with Gasteiger partial charge in [-0.3, -0.25) is 14.9 Å². The van der Waals surface area contributed by atoms with Gasteiger partial charge in [0.25, 0.3) is 11.8 Å². The van der Waals surface area contributed by atoms with Crippen LogP contribution in [0.3, 0.4) is 0 Å². The van der Waals surface area contributed by atoms with E-state index in [1.54, 1.807) is 35.1 Å². The van der Waals surface area contributed by atoms with Crippen LogP contribution in [0.1, 0.15) is 5.56 Å². The van der Waals surface area contributed by atoms with Gasteiger partial charge in [0.15, 0.2) is 0 Å². The van der Waals surface area contributed by atoms with Crippen molar-refractivity contribution in [2.24, 2.45) is 0 Å². The maximum absolute atomic E-state index is 12.9. The molecule has 0 aliphatic carbocycles. The molecule has 4 amide bonds. The van der Waals surface area contributed by atoms with Crippen LogP contribution >= 0.6 is 0 Å². The maximum atomic E-state index is 12.9. The van der Waals surface area contributed by atoms with E-state index in [9.17, 15) is 14.4 Å². The van der Waals surface area contributed by atoms with E-state index in [-0.39, 0.29) is 5.57 Å². The van der Waals surface area contributed by atoms with Gasteiger partial charge in [-0.25, -0.2) is 14.4 Å². The maximum Gasteiger partial charge on any atom is 0.335 e. The summed E-state index contributed by atoms with van der Waals surface area (Å²) in [5, 5.41) is 6.44. The molecule has 1 N–H and O–H groups in total. The number of methoxy groups -OCH3 is 1. The highest BCUT2D eigenvalue weighted by molar-refractivity contribution is 6.39. The fraction of sp³-hybridized carbons (Fsp3) is 0.0476. The highest BCUT2D eigenvalue weighted by Crippen LogP contribution is 2.25. The normalized spacial score (nSPS) is 15.6. The first kappa shape index (κ1) is 18.2. The van der Waals surface area contributed by atoms with Gasteiger partial charge in [-0.2, -0.15) is 5.10 Å². The van der Waals surface area contributed by atoms with E-state index >= 15 is 0 Å². The number of hydrogen-bond acceptors (Lipinski definition) is 5. The lowest BCUT2D eigenvalue weighted by atomic mass is 10.1. The van der Waals surface area contributed by atoms with Gasteiger partial charge in [0.05, 0.1) is 24.7 Å². The average molecular weight is 388 g/mol. The van der Waals surface area contributed by atoms with E-state index in [1.165, 1.54) is 19.4 Å². The average Bonchev–Trinajstić information content (AvgIpc) is 3.20. The number of nitrogens with zero attached hydrogens (tertiary/aromatic N) is 3. The molecule has 0 atom stereocenters. The van der Waals surface area contributed by atoms with Crippen LogP contribution in [0, 0.1) is 0 Å². The van der Waals surface area contributed by atoms with Gasteiger partial charge in [-0.1, -0.05) is 24.3 Å². The van der Waals surface area contributed by atoms with Gasteiger partial charge in [-0.15, -0.1) is 0 Å². The molecular weight excluding hydrogens is 372 g/mol. The minimum Gasteiger partial charge on any atom is -0.497 e. The molecule has 1 aliphatic heterocycles. The smallest absolute Gasteiger partial charge is 0.335 e. The number of nitrogens with one attached hydrogen (secondary N) is 1. The number of urea groups is 1. The number of para-hydroxylation sites is 1. The molecule has 4 rings (SSSR count).